The highest BCUT2D eigenvalue weighted by Gasteiger charge is 2.34. The van der Waals surface area contributed by atoms with Crippen LogP contribution in [0.15, 0.2) is 0 Å². The normalized spacial score (nSPS) is 24.8. The summed E-state index contributed by atoms with van der Waals surface area (Å²) in [6.45, 7) is 5.15. The summed E-state index contributed by atoms with van der Waals surface area (Å²) in [7, 11) is -1.43. The fraction of sp³-hybridized carbons (Fsp3) is 1.00. The van der Waals surface area contributed by atoms with Gasteiger partial charge in [-0.05, 0) is 33.2 Å². The summed E-state index contributed by atoms with van der Waals surface area (Å²) in [5.74, 6) is 0. The lowest BCUT2D eigenvalue weighted by Crippen LogP contribution is -2.55. The van der Waals surface area contributed by atoms with Gasteiger partial charge in [-0.3, -0.25) is 0 Å². The molecule has 1 heterocycles. The molecule has 5 nitrogen and oxygen atoms in total. The predicted octanol–water partition coefficient (Wildman–Crippen LogP) is 0.693. The zero-order valence-corrected chi connectivity index (χ0v) is 11.9. The van der Waals surface area contributed by atoms with Gasteiger partial charge in [0.1, 0.15) is 0 Å². The van der Waals surface area contributed by atoms with Crippen molar-refractivity contribution < 1.29 is 8.42 Å². The zero-order chi connectivity index (χ0) is 12.9. The zero-order valence-electron chi connectivity index (χ0n) is 11.1. The number of rotatable bonds is 6. The second kappa shape index (κ2) is 6.68. The third-order valence-corrected chi connectivity index (χ3v) is 5.01. The Kier molecular flexibility index (Phi) is 5.85. The molecule has 0 saturated carbocycles. The molecule has 0 radical (unpaired) electrons. The van der Waals surface area contributed by atoms with Crippen molar-refractivity contribution in [3.63, 3.8) is 0 Å². The van der Waals surface area contributed by atoms with Crippen molar-refractivity contribution >= 4 is 10.2 Å². The minimum absolute atomic E-state index is 0.0723. The van der Waals surface area contributed by atoms with Crippen molar-refractivity contribution in [3.8, 4) is 0 Å². The van der Waals surface area contributed by atoms with Crippen molar-refractivity contribution in [2.24, 2.45) is 0 Å². The van der Waals surface area contributed by atoms with Gasteiger partial charge >= 0.3 is 0 Å². The molecule has 2 N–H and O–H groups in total. The highest BCUT2D eigenvalue weighted by atomic mass is 32.2. The predicted molar refractivity (Wildman–Crippen MR) is 70.1 cm³/mol. The van der Waals surface area contributed by atoms with Crippen molar-refractivity contribution in [2.45, 2.75) is 51.6 Å². The molecule has 1 aliphatic heterocycles. The van der Waals surface area contributed by atoms with Gasteiger partial charge in [-0.15, -0.1) is 0 Å². The molecule has 1 aliphatic rings. The maximum Gasteiger partial charge on any atom is 0.279 e. The van der Waals surface area contributed by atoms with Crippen LogP contribution in [0.3, 0.4) is 0 Å². The minimum Gasteiger partial charge on any atom is -0.316 e. The third kappa shape index (κ3) is 3.91. The van der Waals surface area contributed by atoms with Gasteiger partial charge in [0, 0.05) is 25.2 Å². The van der Waals surface area contributed by atoms with Crippen LogP contribution in [0.2, 0.25) is 0 Å². The summed E-state index contributed by atoms with van der Waals surface area (Å²) in [6, 6.07) is 0.261. The molecule has 2 unspecified atom stereocenters. The number of hydrogen-bond acceptors (Lipinski definition) is 3. The maximum absolute atomic E-state index is 12.2. The van der Waals surface area contributed by atoms with E-state index >= 15 is 0 Å². The van der Waals surface area contributed by atoms with Gasteiger partial charge in [-0.1, -0.05) is 13.3 Å². The van der Waals surface area contributed by atoms with Gasteiger partial charge < -0.3 is 5.32 Å². The summed E-state index contributed by atoms with van der Waals surface area (Å²) >= 11 is 0. The van der Waals surface area contributed by atoms with Gasteiger partial charge in [0.2, 0.25) is 0 Å². The molecule has 6 heteroatoms. The first-order valence-electron chi connectivity index (χ1n) is 6.46. The summed E-state index contributed by atoms with van der Waals surface area (Å²) in [4.78, 5) is 0. The summed E-state index contributed by atoms with van der Waals surface area (Å²) < 4.78 is 28.6. The molecular weight excluding hydrogens is 238 g/mol. The van der Waals surface area contributed by atoms with Crippen LogP contribution < -0.4 is 10.0 Å². The average molecular weight is 263 g/mol. The summed E-state index contributed by atoms with van der Waals surface area (Å²) in [5, 5.41) is 3.16. The molecule has 1 fully saturated rings. The Balaban J connectivity index is 2.76. The number of likely N-dealkylation sites (N-methyl/N-ethyl adjacent to an activating group) is 1. The lowest BCUT2D eigenvalue weighted by atomic mass is 9.99. The Morgan fingerprint density at radius 1 is 1.41 bits per heavy atom. The number of piperidine rings is 1. The maximum atomic E-state index is 12.2. The van der Waals surface area contributed by atoms with Gasteiger partial charge in [0.15, 0.2) is 0 Å². The molecule has 0 aromatic carbocycles. The van der Waals surface area contributed by atoms with E-state index in [-0.39, 0.29) is 12.1 Å². The summed E-state index contributed by atoms with van der Waals surface area (Å²) in [5.41, 5.74) is 0. The first-order valence-corrected chi connectivity index (χ1v) is 7.90. The molecule has 17 heavy (non-hydrogen) atoms. The standard InChI is InChI=1S/C11H25N3O2S/c1-4-8-13-17(15,16)14-9-6-5-7-11(14)10(2)12-3/h10-13H,4-9H2,1-3H3. The van der Waals surface area contributed by atoms with Crippen LogP contribution in [-0.4, -0.2) is 44.9 Å². The SMILES string of the molecule is CCCNS(=O)(=O)N1CCCCC1C(C)NC. The fourth-order valence-electron chi connectivity index (χ4n) is 2.24. The second-order valence-electron chi connectivity index (χ2n) is 4.65. The van der Waals surface area contributed by atoms with Crippen molar-refractivity contribution in [1.29, 1.82) is 0 Å². The molecule has 0 aliphatic carbocycles. The molecule has 2 atom stereocenters. The molecular formula is C11H25N3O2S. The van der Waals surface area contributed by atoms with E-state index in [1.807, 2.05) is 20.9 Å². The van der Waals surface area contributed by atoms with E-state index in [4.69, 9.17) is 0 Å². The topological polar surface area (TPSA) is 61.4 Å². The lowest BCUT2D eigenvalue weighted by Gasteiger charge is -2.37. The Morgan fingerprint density at radius 2 is 2.12 bits per heavy atom. The van der Waals surface area contributed by atoms with Crippen LogP contribution in [0.5, 0.6) is 0 Å². The van der Waals surface area contributed by atoms with Crippen molar-refractivity contribution in [2.75, 3.05) is 20.1 Å². The molecule has 1 rings (SSSR count). The van der Waals surface area contributed by atoms with Crippen molar-refractivity contribution in [3.05, 3.63) is 0 Å². The van der Waals surface area contributed by atoms with Crippen LogP contribution in [0, 0.1) is 0 Å². The van der Waals surface area contributed by atoms with Crippen LogP contribution in [0.25, 0.3) is 0 Å². The molecule has 0 bridgehead atoms. The van der Waals surface area contributed by atoms with Gasteiger partial charge in [-0.2, -0.15) is 12.7 Å². The van der Waals surface area contributed by atoms with Crippen LogP contribution in [-0.2, 0) is 10.2 Å². The van der Waals surface area contributed by atoms with E-state index in [0.717, 1.165) is 25.7 Å². The Bertz CT molecular complexity index is 319. The van der Waals surface area contributed by atoms with Gasteiger partial charge in [-0.25, -0.2) is 4.72 Å². The van der Waals surface area contributed by atoms with Crippen LogP contribution in [0.4, 0.5) is 0 Å². The fourth-order valence-corrected chi connectivity index (χ4v) is 3.88. The second-order valence-corrected chi connectivity index (χ2v) is 6.36. The molecule has 0 aromatic heterocycles. The third-order valence-electron chi connectivity index (χ3n) is 3.37. The Labute approximate surface area is 105 Å². The minimum atomic E-state index is -3.31. The highest BCUT2D eigenvalue weighted by molar-refractivity contribution is 7.87. The van der Waals surface area contributed by atoms with Crippen molar-refractivity contribution in [1.82, 2.24) is 14.3 Å². The van der Waals surface area contributed by atoms with E-state index in [9.17, 15) is 8.42 Å². The van der Waals surface area contributed by atoms with E-state index in [2.05, 4.69) is 10.0 Å². The highest BCUT2D eigenvalue weighted by Crippen LogP contribution is 2.22. The Hall–Kier alpha value is -0.170. The van der Waals surface area contributed by atoms with E-state index in [1.54, 1.807) is 4.31 Å². The largest absolute Gasteiger partial charge is 0.316 e. The first kappa shape index (κ1) is 14.9. The smallest absolute Gasteiger partial charge is 0.279 e. The average Bonchev–Trinajstić information content (AvgIpc) is 2.35. The number of nitrogens with zero attached hydrogens (tertiary/aromatic N) is 1. The quantitative estimate of drug-likeness (QED) is 0.741. The van der Waals surface area contributed by atoms with Gasteiger partial charge in [0.05, 0.1) is 0 Å². The first-order chi connectivity index (χ1) is 8.03. The van der Waals surface area contributed by atoms with E-state index in [1.165, 1.54) is 0 Å². The molecule has 0 spiro atoms. The number of nitrogens with one attached hydrogen (secondary N) is 2. The molecule has 0 aromatic rings. The van der Waals surface area contributed by atoms with Crippen LogP contribution in [0.1, 0.15) is 39.5 Å². The monoisotopic (exact) mass is 263 g/mol. The van der Waals surface area contributed by atoms with Gasteiger partial charge in [0.25, 0.3) is 10.2 Å². The van der Waals surface area contributed by atoms with E-state index < -0.39 is 10.2 Å². The summed E-state index contributed by atoms with van der Waals surface area (Å²) in [6.07, 6.45) is 3.82. The molecule has 0 amide bonds. The number of hydrogen-bond donors (Lipinski definition) is 2. The lowest BCUT2D eigenvalue weighted by molar-refractivity contribution is 0.211. The molecule has 102 valence electrons. The van der Waals surface area contributed by atoms with E-state index in [0.29, 0.717) is 13.1 Å². The van der Waals surface area contributed by atoms with Crippen LogP contribution >= 0.6 is 0 Å². The molecule has 1 saturated heterocycles. The Morgan fingerprint density at radius 3 is 2.71 bits per heavy atom.